The Labute approximate surface area is 138 Å². The lowest BCUT2D eigenvalue weighted by Gasteiger charge is -2.07. The second-order valence-electron chi connectivity index (χ2n) is 4.54. The zero-order valence-electron chi connectivity index (χ0n) is 12.8. The quantitative estimate of drug-likeness (QED) is 0.650. The first kappa shape index (κ1) is 16.7. The highest BCUT2D eigenvalue weighted by molar-refractivity contribution is 7.12. The lowest BCUT2D eigenvalue weighted by atomic mass is 10.1. The Bertz CT molecular complexity index is 711. The number of hydrazone groups is 1. The van der Waals surface area contributed by atoms with Gasteiger partial charge in [0, 0.05) is 5.69 Å². The molecule has 7 heteroatoms. The van der Waals surface area contributed by atoms with Crippen LogP contribution in [0, 0.1) is 0 Å². The van der Waals surface area contributed by atoms with E-state index < -0.39 is 6.09 Å². The largest absolute Gasteiger partial charge is 0.449 e. The third kappa shape index (κ3) is 4.93. The molecule has 6 nitrogen and oxygen atoms in total. The number of hydrogen-bond acceptors (Lipinski definition) is 5. The van der Waals surface area contributed by atoms with Gasteiger partial charge < -0.3 is 10.1 Å². The maximum Gasteiger partial charge on any atom is 0.427 e. The standard InChI is InChI=1S/C16H17N3O3S/c1-3-22-16(21)19-18-11(2)12-6-4-7-13(10-12)17-15(20)14-8-5-9-23-14/h4-10H,3H2,1-2H3,(H,17,20)(H,19,21)/b18-11+. The van der Waals surface area contributed by atoms with Crippen molar-refractivity contribution in [2.24, 2.45) is 5.10 Å². The lowest BCUT2D eigenvalue weighted by Crippen LogP contribution is -2.20. The molecule has 2 rings (SSSR count). The van der Waals surface area contributed by atoms with E-state index in [2.05, 4.69) is 15.8 Å². The molecule has 23 heavy (non-hydrogen) atoms. The minimum atomic E-state index is -0.603. The predicted octanol–water partition coefficient (Wildman–Crippen LogP) is 3.47. The SMILES string of the molecule is CCOC(=O)N/N=C(\C)c1cccc(NC(=O)c2cccs2)c1. The topological polar surface area (TPSA) is 79.8 Å². The Morgan fingerprint density at radius 1 is 1.26 bits per heavy atom. The monoisotopic (exact) mass is 331 g/mol. The van der Waals surface area contributed by atoms with Crippen molar-refractivity contribution in [1.29, 1.82) is 0 Å². The van der Waals surface area contributed by atoms with Gasteiger partial charge in [0.15, 0.2) is 0 Å². The summed E-state index contributed by atoms with van der Waals surface area (Å²) in [6, 6.07) is 10.8. The highest BCUT2D eigenvalue weighted by Gasteiger charge is 2.08. The van der Waals surface area contributed by atoms with Crippen molar-refractivity contribution in [3.63, 3.8) is 0 Å². The summed E-state index contributed by atoms with van der Waals surface area (Å²) in [5.74, 6) is -0.156. The van der Waals surface area contributed by atoms with Gasteiger partial charge >= 0.3 is 6.09 Å². The molecule has 0 saturated carbocycles. The molecular formula is C16H17N3O3S. The molecular weight excluding hydrogens is 314 g/mol. The van der Waals surface area contributed by atoms with Crippen LogP contribution in [0.5, 0.6) is 0 Å². The van der Waals surface area contributed by atoms with Crippen LogP contribution in [0.25, 0.3) is 0 Å². The average Bonchev–Trinajstić information content (AvgIpc) is 3.08. The first-order valence-electron chi connectivity index (χ1n) is 7.02. The van der Waals surface area contributed by atoms with E-state index >= 15 is 0 Å². The molecule has 2 amide bonds. The molecule has 1 aromatic heterocycles. The second kappa shape index (κ2) is 8.09. The van der Waals surface area contributed by atoms with Crippen molar-refractivity contribution in [2.45, 2.75) is 13.8 Å². The van der Waals surface area contributed by atoms with Crippen LogP contribution in [-0.4, -0.2) is 24.3 Å². The van der Waals surface area contributed by atoms with Crippen LogP contribution in [0.1, 0.15) is 29.1 Å². The van der Waals surface area contributed by atoms with Crippen LogP contribution in [0.15, 0.2) is 46.9 Å². The molecule has 0 fully saturated rings. The minimum absolute atomic E-state index is 0.156. The molecule has 0 atom stereocenters. The third-order valence-corrected chi connectivity index (χ3v) is 3.74. The highest BCUT2D eigenvalue weighted by atomic mass is 32.1. The zero-order chi connectivity index (χ0) is 16.7. The maximum atomic E-state index is 12.0. The van der Waals surface area contributed by atoms with Crippen molar-refractivity contribution in [3.8, 4) is 0 Å². The molecule has 0 spiro atoms. The summed E-state index contributed by atoms with van der Waals surface area (Å²) < 4.78 is 4.73. The van der Waals surface area contributed by atoms with Gasteiger partial charge in [-0.25, -0.2) is 10.2 Å². The molecule has 2 aromatic rings. The molecule has 0 unspecified atom stereocenters. The van der Waals surface area contributed by atoms with Gasteiger partial charge in [-0.05, 0) is 43.0 Å². The van der Waals surface area contributed by atoms with E-state index in [1.54, 1.807) is 32.0 Å². The van der Waals surface area contributed by atoms with Gasteiger partial charge in [-0.15, -0.1) is 11.3 Å². The van der Waals surface area contributed by atoms with Crippen molar-refractivity contribution < 1.29 is 14.3 Å². The van der Waals surface area contributed by atoms with Gasteiger partial charge in [-0.1, -0.05) is 18.2 Å². The number of carbonyl (C=O) groups excluding carboxylic acids is 2. The van der Waals surface area contributed by atoms with Gasteiger partial charge in [0.25, 0.3) is 5.91 Å². The summed E-state index contributed by atoms with van der Waals surface area (Å²) in [5.41, 5.74) is 4.35. The Kier molecular flexibility index (Phi) is 5.87. The number of nitrogens with zero attached hydrogens (tertiary/aromatic N) is 1. The van der Waals surface area contributed by atoms with Crippen LogP contribution in [0.2, 0.25) is 0 Å². The molecule has 0 radical (unpaired) electrons. The summed E-state index contributed by atoms with van der Waals surface area (Å²) >= 11 is 1.38. The van der Waals surface area contributed by atoms with E-state index in [9.17, 15) is 9.59 Å². The van der Waals surface area contributed by atoms with Gasteiger partial charge in [0.05, 0.1) is 17.2 Å². The van der Waals surface area contributed by atoms with Gasteiger partial charge in [0.1, 0.15) is 0 Å². The van der Waals surface area contributed by atoms with Crippen LogP contribution >= 0.6 is 11.3 Å². The Hall–Kier alpha value is -2.67. The van der Waals surface area contributed by atoms with Crippen LogP contribution < -0.4 is 10.7 Å². The number of hydrogen-bond donors (Lipinski definition) is 2. The molecule has 0 saturated heterocycles. The fourth-order valence-corrected chi connectivity index (χ4v) is 2.40. The van der Waals surface area contributed by atoms with Crippen molar-refractivity contribution in [3.05, 3.63) is 52.2 Å². The summed E-state index contributed by atoms with van der Waals surface area (Å²) in [7, 11) is 0. The number of anilines is 1. The molecule has 0 aliphatic heterocycles. The van der Waals surface area contributed by atoms with E-state index in [1.807, 2.05) is 23.6 Å². The zero-order valence-corrected chi connectivity index (χ0v) is 13.6. The predicted molar refractivity (Wildman–Crippen MR) is 91.1 cm³/mol. The summed E-state index contributed by atoms with van der Waals surface area (Å²) in [6.07, 6.45) is -0.603. The number of rotatable bonds is 5. The molecule has 120 valence electrons. The molecule has 1 heterocycles. The number of carbonyl (C=O) groups is 2. The van der Waals surface area contributed by atoms with Crippen LogP contribution in [-0.2, 0) is 4.74 Å². The van der Waals surface area contributed by atoms with E-state index in [-0.39, 0.29) is 12.5 Å². The van der Waals surface area contributed by atoms with E-state index in [1.165, 1.54) is 11.3 Å². The number of amides is 2. The van der Waals surface area contributed by atoms with E-state index in [4.69, 9.17) is 4.74 Å². The van der Waals surface area contributed by atoms with Crippen LogP contribution in [0.4, 0.5) is 10.5 Å². The van der Waals surface area contributed by atoms with Crippen LogP contribution in [0.3, 0.4) is 0 Å². The molecule has 2 N–H and O–H groups in total. The number of ether oxygens (including phenoxy) is 1. The van der Waals surface area contributed by atoms with Gasteiger partial charge in [0.2, 0.25) is 0 Å². The fourth-order valence-electron chi connectivity index (χ4n) is 1.78. The first-order chi connectivity index (χ1) is 11.1. The third-order valence-electron chi connectivity index (χ3n) is 2.87. The minimum Gasteiger partial charge on any atom is -0.449 e. The first-order valence-corrected chi connectivity index (χ1v) is 7.90. The van der Waals surface area contributed by atoms with Gasteiger partial charge in [-0.3, -0.25) is 4.79 Å². The number of nitrogens with one attached hydrogen (secondary N) is 2. The summed E-state index contributed by atoms with van der Waals surface area (Å²) in [4.78, 5) is 23.9. The lowest BCUT2D eigenvalue weighted by molar-refractivity contribution is 0.103. The number of benzene rings is 1. The van der Waals surface area contributed by atoms with E-state index in [0.29, 0.717) is 16.3 Å². The van der Waals surface area contributed by atoms with Crippen molar-refractivity contribution in [2.75, 3.05) is 11.9 Å². The molecule has 1 aromatic carbocycles. The Balaban J connectivity index is 2.05. The fraction of sp³-hybridized carbons (Fsp3) is 0.188. The average molecular weight is 331 g/mol. The van der Waals surface area contributed by atoms with E-state index in [0.717, 1.165) is 5.56 Å². The van der Waals surface area contributed by atoms with Crippen molar-refractivity contribution >= 4 is 34.7 Å². The highest BCUT2D eigenvalue weighted by Crippen LogP contribution is 2.15. The summed E-state index contributed by atoms with van der Waals surface area (Å²) in [6.45, 7) is 3.76. The molecule has 0 aliphatic rings. The van der Waals surface area contributed by atoms with Gasteiger partial charge in [-0.2, -0.15) is 5.10 Å². The van der Waals surface area contributed by atoms with Crippen molar-refractivity contribution in [1.82, 2.24) is 5.43 Å². The Morgan fingerprint density at radius 2 is 2.09 bits per heavy atom. The molecule has 0 aliphatic carbocycles. The molecule has 0 bridgehead atoms. The number of thiophene rings is 1. The second-order valence-corrected chi connectivity index (χ2v) is 5.49. The smallest absolute Gasteiger partial charge is 0.427 e. The summed E-state index contributed by atoms with van der Waals surface area (Å²) in [5, 5.41) is 8.64. The maximum absolute atomic E-state index is 12.0. The Morgan fingerprint density at radius 3 is 2.78 bits per heavy atom. The normalized spacial score (nSPS) is 11.0.